The van der Waals surface area contributed by atoms with Crippen molar-refractivity contribution < 1.29 is 23.9 Å². The summed E-state index contributed by atoms with van der Waals surface area (Å²) < 4.78 is 6.74. The van der Waals surface area contributed by atoms with Crippen LogP contribution in [0.4, 0.5) is 5.69 Å². The van der Waals surface area contributed by atoms with Crippen LogP contribution in [0.1, 0.15) is 46.3 Å². The van der Waals surface area contributed by atoms with E-state index in [0.29, 0.717) is 36.1 Å². The Morgan fingerprint density at radius 2 is 1.71 bits per heavy atom. The van der Waals surface area contributed by atoms with Crippen molar-refractivity contribution in [2.45, 2.75) is 38.8 Å². The number of Topliss-reactive ketones (excluding diaryl/α,β-unsaturated/α-hetero) is 1. The van der Waals surface area contributed by atoms with E-state index in [9.17, 15) is 19.2 Å². The van der Waals surface area contributed by atoms with E-state index >= 15 is 0 Å². The summed E-state index contributed by atoms with van der Waals surface area (Å²) in [6, 6.07) is 23.1. The number of aromatic nitrogens is 1. The molecule has 2 amide bonds. The van der Waals surface area contributed by atoms with Crippen LogP contribution in [0.15, 0.2) is 79.0 Å². The molecule has 1 fully saturated rings. The first kappa shape index (κ1) is 26.5. The SMILES string of the molecule is CCOC(=O)Cn1cc(C(=O)C(=O)N2CCc3ccccc3C2)c2cc(NC(=O)[C@H]3C[C@H]3c3ccccc3)ccc21. The highest BCUT2D eigenvalue weighted by Crippen LogP contribution is 2.48. The molecule has 8 heteroatoms. The average molecular weight is 550 g/mol. The van der Waals surface area contributed by atoms with Gasteiger partial charge in [-0.2, -0.15) is 0 Å². The van der Waals surface area contributed by atoms with Crippen molar-refractivity contribution in [1.29, 1.82) is 0 Å². The molecule has 1 aromatic heterocycles. The zero-order valence-electron chi connectivity index (χ0n) is 22.8. The molecule has 1 aliphatic heterocycles. The molecule has 8 nitrogen and oxygen atoms in total. The molecular formula is C33H31N3O5. The number of hydrogen-bond donors (Lipinski definition) is 1. The molecule has 4 aromatic rings. The summed E-state index contributed by atoms with van der Waals surface area (Å²) in [7, 11) is 0. The number of anilines is 1. The number of nitrogens with one attached hydrogen (secondary N) is 1. The summed E-state index contributed by atoms with van der Waals surface area (Å²) in [6.07, 6.45) is 3.00. The first-order chi connectivity index (χ1) is 19.9. The summed E-state index contributed by atoms with van der Waals surface area (Å²) >= 11 is 0. The van der Waals surface area contributed by atoms with E-state index < -0.39 is 17.7 Å². The van der Waals surface area contributed by atoms with Gasteiger partial charge in [-0.25, -0.2) is 0 Å². The molecule has 0 unspecified atom stereocenters. The van der Waals surface area contributed by atoms with Gasteiger partial charge in [0.1, 0.15) is 6.54 Å². The molecule has 6 rings (SSSR count). The predicted molar refractivity (Wildman–Crippen MR) is 154 cm³/mol. The summed E-state index contributed by atoms with van der Waals surface area (Å²) in [5, 5.41) is 3.49. The van der Waals surface area contributed by atoms with Gasteiger partial charge in [-0.3, -0.25) is 19.2 Å². The van der Waals surface area contributed by atoms with Crippen LogP contribution in [0.3, 0.4) is 0 Å². The van der Waals surface area contributed by atoms with Gasteiger partial charge in [0.2, 0.25) is 5.91 Å². The molecule has 1 N–H and O–H groups in total. The predicted octanol–water partition coefficient (Wildman–Crippen LogP) is 4.71. The zero-order chi connectivity index (χ0) is 28.5. The van der Waals surface area contributed by atoms with Crippen molar-refractivity contribution in [2.75, 3.05) is 18.5 Å². The minimum atomic E-state index is -0.646. The molecule has 0 saturated heterocycles. The van der Waals surface area contributed by atoms with Crippen LogP contribution < -0.4 is 5.32 Å². The van der Waals surface area contributed by atoms with E-state index in [0.717, 1.165) is 17.5 Å². The smallest absolute Gasteiger partial charge is 0.325 e. The van der Waals surface area contributed by atoms with Crippen LogP contribution in [0.25, 0.3) is 10.9 Å². The standard InChI is InChI=1S/C33H31N3O5/c1-2-41-30(37)20-36-19-28(31(38)33(40)35-15-14-21-8-6-7-11-23(21)18-35)26-16-24(12-13-29(26)36)34-32(39)27-17-25(27)22-9-4-3-5-10-22/h3-13,16,19,25,27H,2,14-15,17-18,20H2,1H3,(H,34,39)/t25-,27-/m0/s1. The third kappa shape index (κ3) is 5.37. The van der Waals surface area contributed by atoms with Gasteiger partial charge in [-0.05, 0) is 60.6 Å². The number of fused-ring (bicyclic) bond motifs is 2. The van der Waals surface area contributed by atoms with Crippen molar-refractivity contribution in [3.8, 4) is 0 Å². The summed E-state index contributed by atoms with van der Waals surface area (Å²) in [5.74, 6) is -1.69. The number of benzene rings is 3. The lowest BCUT2D eigenvalue weighted by molar-refractivity contribution is -0.143. The van der Waals surface area contributed by atoms with E-state index in [1.165, 1.54) is 11.8 Å². The number of ketones is 1. The fourth-order valence-electron chi connectivity index (χ4n) is 5.75. The quantitative estimate of drug-likeness (QED) is 0.195. The number of esters is 1. The summed E-state index contributed by atoms with van der Waals surface area (Å²) in [6.45, 7) is 2.69. The Kier molecular flexibility index (Phi) is 7.14. The van der Waals surface area contributed by atoms with E-state index in [1.54, 1.807) is 34.6 Å². The van der Waals surface area contributed by atoms with E-state index in [2.05, 4.69) is 5.32 Å². The normalized spacial score (nSPS) is 17.5. The van der Waals surface area contributed by atoms with E-state index in [4.69, 9.17) is 4.74 Å². The second-order valence-electron chi connectivity index (χ2n) is 10.6. The highest BCUT2D eigenvalue weighted by molar-refractivity contribution is 6.45. The van der Waals surface area contributed by atoms with Gasteiger partial charge in [0.15, 0.2) is 0 Å². The van der Waals surface area contributed by atoms with Crippen LogP contribution in [-0.2, 0) is 38.6 Å². The zero-order valence-corrected chi connectivity index (χ0v) is 22.8. The summed E-state index contributed by atoms with van der Waals surface area (Å²) in [5.41, 5.74) is 4.68. The number of carbonyl (C=O) groups excluding carboxylic acids is 4. The fraction of sp³-hybridized carbons (Fsp3) is 0.273. The molecule has 1 saturated carbocycles. The lowest BCUT2D eigenvalue weighted by Crippen LogP contribution is -2.40. The monoisotopic (exact) mass is 549 g/mol. The number of hydrogen-bond acceptors (Lipinski definition) is 5. The molecular weight excluding hydrogens is 518 g/mol. The highest BCUT2D eigenvalue weighted by Gasteiger charge is 2.43. The van der Waals surface area contributed by atoms with Gasteiger partial charge in [-0.15, -0.1) is 0 Å². The van der Waals surface area contributed by atoms with Crippen LogP contribution in [-0.4, -0.2) is 46.2 Å². The molecule has 1 aliphatic carbocycles. The number of nitrogens with zero attached hydrogens (tertiary/aromatic N) is 2. The highest BCUT2D eigenvalue weighted by atomic mass is 16.5. The summed E-state index contributed by atoms with van der Waals surface area (Å²) in [4.78, 5) is 54.0. The minimum absolute atomic E-state index is 0.0832. The second kappa shape index (κ2) is 11.0. The van der Waals surface area contributed by atoms with Crippen LogP contribution in [0, 0.1) is 5.92 Å². The third-order valence-electron chi connectivity index (χ3n) is 7.97. The molecule has 3 aromatic carbocycles. The Bertz CT molecular complexity index is 1660. The van der Waals surface area contributed by atoms with Crippen molar-refractivity contribution in [3.05, 3.63) is 101 Å². The first-order valence-electron chi connectivity index (χ1n) is 14.0. The van der Waals surface area contributed by atoms with Gasteiger partial charge >= 0.3 is 5.97 Å². The second-order valence-corrected chi connectivity index (χ2v) is 10.6. The number of ether oxygens (including phenoxy) is 1. The Labute approximate surface area is 237 Å². The molecule has 0 spiro atoms. The van der Waals surface area contributed by atoms with Crippen LogP contribution in [0.5, 0.6) is 0 Å². The largest absolute Gasteiger partial charge is 0.465 e. The first-order valence-corrected chi connectivity index (χ1v) is 14.0. The Hall–Kier alpha value is -4.72. The van der Waals surface area contributed by atoms with Crippen molar-refractivity contribution in [2.24, 2.45) is 5.92 Å². The maximum Gasteiger partial charge on any atom is 0.325 e. The Morgan fingerprint density at radius 3 is 2.49 bits per heavy atom. The van der Waals surface area contributed by atoms with E-state index in [-0.39, 0.29) is 36.5 Å². The molecule has 208 valence electrons. The average Bonchev–Trinajstić information content (AvgIpc) is 3.73. The minimum Gasteiger partial charge on any atom is -0.465 e. The third-order valence-corrected chi connectivity index (χ3v) is 7.97. The molecule has 2 heterocycles. The molecule has 0 radical (unpaired) electrons. The van der Waals surface area contributed by atoms with Gasteiger partial charge in [0.05, 0.1) is 12.2 Å². The van der Waals surface area contributed by atoms with Gasteiger partial charge in [0, 0.05) is 41.8 Å². The van der Waals surface area contributed by atoms with Gasteiger partial charge in [-0.1, -0.05) is 54.6 Å². The molecule has 2 atom stereocenters. The van der Waals surface area contributed by atoms with Crippen molar-refractivity contribution >= 4 is 40.2 Å². The topological polar surface area (TPSA) is 97.7 Å². The lowest BCUT2D eigenvalue weighted by Gasteiger charge is -2.28. The maximum absolute atomic E-state index is 13.6. The molecule has 0 bridgehead atoms. The van der Waals surface area contributed by atoms with Crippen LogP contribution in [0.2, 0.25) is 0 Å². The lowest BCUT2D eigenvalue weighted by atomic mass is 9.99. The number of carbonyl (C=O) groups is 4. The van der Waals surface area contributed by atoms with Gasteiger partial charge in [0.25, 0.3) is 11.7 Å². The van der Waals surface area contributed by atoms with Gasteiger partial charge < -0.3 is 19.5 Å². The Balaban J connectivity index is 1.26. The van der Waals surface area contributed by atoms with Crippen molar-refractivity contribution in [3.63, 3.8) is 0 Å². The van der Waals surface area contributed by atoms with E-state index in [1.807, 2.05) is 54.6 Å². The maximum atomic E-state index is 13.6. The molecule has 2 aliphatic rings. The molecule has 41 heavy (non-hydrogen) atoms. The Morgan fingerprint density at radius 1 is 0.951 bits per heavy atom. The van der Waals surface area contributed by atoms with Crippen LogP contribution >= 0.6 is 0 Å². The number of rotatable bonds is 8. The fourth-order valence-corrected chi connectivity index (χ4v) is 5.75. The van der Waals surface area contributed by atoms with Crippen molar-refractivity contribution in [1.82, 2.24) is 9.47 Å². The number of amides is 2.